The summed E-state index contributed by atoms with van der Waals surface area (Å²) in [6.45, 7) is 0.540. The number of halogens is 3. The van der Waals surface area contributed by atoms with Crippen LogP contribution in [0.25, 0.3) is 0 Å². The summed E-state index contributed by atoms with van der Waals surface area (Å²) in [5, 5.41) is 9.07. The number of likely N-dealkylation sites (tertiary alicyclic amines) is 1. The molecule has 1 aliphatic heterocycles. The Labute approximate surface area is 97.6 Å². The number of hydrogen-bond donors (Lipinski definition) is 1. The van der Waals surface area contributed by atoms with Crippen LogP contribution < -0.4 is 0 Å². The highest BCUT2D eigenvalue weighted by molar-refractivity contribution is 5.79. The molecule has 0 bridgehead atoms. The molecule has 1 heterocycles. The Kier molecular flexibility index (Phi) is 3.34. The van der Waals surface area contributed by atoms with Gasteiger partial charge in [-0.1, -0.05) is 6.42 Å². The van der Waals surface area contributed by atoms with E-state index in [1.54, 1.807) is 0 Å². The van der Waals surface area contributed by atoms with Crippen molar-refractivity contribution in [3.05, 3.63) is 0 Å². The van der Waals surface area contributed by atoms with E-state index in [9.17, 15) is 18.0 Å². The fraction of sp³-hybridized carbons (Fsp3) is 0.909. The van der Waals surface area contributed by atoms with Crippen molar-refractivity contribution in [2.24, 2.45) is 11.8 Å². The summed E-state index contributed by atoms with van der Waals surface area (Å²) in [6.07, 6.45) is -3.64. The molecule has 2 rings (SSSR count). The number of nitrogens with zero attached hydrogens (tertiary/aromatic N) is 1. The van der Waals surface area contributed by atoms with Crippen molar-refractivity contribution in [2.45, 2.75) is 38.0 Å². The van der Waals surface area contributed by atoms with Crippen LogP contribution in [0.1, 0.15) is 25.7 Å². The van der Waals surface area contributed by atoms with Gasteiger partial charge in [-0.25, -0.2) is 0 Å². The van der Waals surface area contributed by atoms with Crippen LogP contribution in [0.3, 0.4) is 0 Å². The van der Waals surface area contributed by atoms with Crippen molar-refractivity contribution in [3.8, 4) is 0 Å². The number of rotatable bonds is 1. The van der Waals surface area contributed by atoms with Crippen molar-refractivity contribution in [3.63, 3.8) is 0 Å². The van der Waals surface area contributed by atoms with Crippen LogP contribution in [-0.4, -0.2) is 41.3 Å². The second kappa shape index (κ2) is 4.48. The zero-order valence-electron chi connectivity index (χ0n) is 9.41. The lowest BCUT2D eigenvalue weighted by Gasteiger charge is -2.40. The minimum Gasteiger partial charge on any atom is -0.389 e. The molecule has 0 aromatic rings. The number of β-amino-alcohol motifs (C(OH)–C–C–N with tert-alkyl or cyclic N) is 1. The molecule has 1 N–H and O–H groups in total. The molecular weight excluding hydrogens is 235 g/mol. The van der Waals surface area contributed by atoms with Gasteiger partial charge in [-0.2, -0.15) is 13.2 Å². The zero-order chi connectivity index (χ0) is 12.6. The number of carbonyl (C=O) groups excluding carboxylic acids is 1. The highest BCUT2D eigenvalue weighted by Crippen LogP contribution is 2.40. The van der Waals surface area contributed by atoms with Gasteiger partial charge in [-0.15, -0.1) is 0 Å². The molecule has 2 unspecified atom stereocenters. The van der Waals surface area contributed by atoms with Crippen LogP contribution in [0.2, 0.25) is 0 Å². The monoisotopic (exact) mass is 251 g/mol. The van der Waals surface area contributed by atoms with Crippen LogP contribution >= 0.6 is 0 Å². The lowest BCUT2D eigenvalue weighted by Crippen LogP contribution is -2.55. The standard InChI is InChI=1S/C11H16F3NO2/c12-11(13,14)8-3-1-2-7(4-8)10(17)15-5-9(16)6-15/h7-9,16H,1-6H2. The summed E-state index contributed by atoms with van der Waals surface area (Å²) < 4.78 is 37.7. The van der Waals surface area contributed by atoms with Gasteiger partial charge >= 0.3 is 6.18 Å². The first kappa shape index (κ1) is 12.7. The molecule has 1 aliphatic carbocycles. The molecule has 1 saturated carbocycles. The lowest BCUT2D eigenvalue weighted by molar-refractivity contribution is -0.188. The Morgan fingerprint density at radius 1 is 1.24 bits per heavy atom. The second-order valence-corrected chi connectivity index (χ2v) is 5.00. The maximum atomic E-state index is 12.6. The number of aliphatic hydroxyl groups excluding tert-OH is 1. The maximum Gasteiger partial charge on any atom is 0.391 e. The topological polar surface area (TPSA) is 40.5 Å². The minimum absolute atomic E-state index is 0.0884. The largest absolute Gasteiger partial charge is 0.391 e. The van der Waals surface area contributed by atoms with Gasteiger partial charge in [-0.3, -0.25) is 4.79 Å². The summed E-state index contributed by atoms with van der Waals surface area (Å²) in [7, 11) is 0. The summed E-state index contributed by atoms with van der Waals surface area (Å²) in [5.41, 5.74) is 0. The van der Waals surface area contributed by atoms with Gasteiger partial charge in [0.25, 0.3) is 0 Å². The normalized spacial score (nSPS) is 31.2. The Balaban J connectivity index is 1.91. The zero-order valence-corrected chi connectivity index (χ0v) is 9.41. The highest BCUT2D eigenvalue weighted by atomic mass is 19.4. The van der Waals surface area contributed by atoms with Crippen molar-refractivity contribution in [2.75, 3.05) is 13.1 Å². The maximum absolute atomic E-state index is 12.6. The number of amides is 1. The van der Waals surface area contributed by atoms with E-state index in [0.29, 0.717) is 12.8 Å². The molecule has 2 fully saturated rings. The van der Waals surface area contributed by atoms with Crippen molar-refractivity contribution in [1.29, 1.82) is 0 Å². The lowest BCUT2D eigenvalue weighted by atomic mass is 9.80. The second-order valence-electron chi connectivity index (χ2n) is 5.00. The molecule has 1 amide bonds. The summed E-state index contributed by atoms with van der Waals surface area (Å²) in [6, 6.07) is 0. The van der Waals surface area contributed by atoms with Crippen molar-refractivity contribution < 1.29 is 23.1 Å². The average Bonchev–Trinajstić information content (AvgIpc) is 2.23. The number of aliphatic hydroxyl groups is 1. The minimum atomic E-state index is -4.19. The van der Waals surface area contributed by atoms with Gasteiger partial charge in [0, 0.05) is 19.0 Å². The molecule has 98 valence electrons. The number of hydrogen-bond acceptors (Lipinski definition) is 2. The number of alkyl halides is 3. The van der Waals surface area contributed by atoms with Crippen LogP contribution in [-0.2, 0) is 4.79 Å². The molecule has 0 spiro atoms. The molecule has 6 heteroatoms. The van der Waals surface area contributed by atoms with E-state index in [-0.39, 0.29) is 31.8 Å². The fourth-order valence-corrected chi connectivity index (χ4v) is 2.60. The van der Waals surface area contributed by atoms with Crippen LogP contribution in [0, 0.1) is 11.8 Å². The van der Waals surface area contributed by atoms with E-state index in [1.807, 2.05) is 0 Å². The first-order valence-corrected chi connectivity index (χ1v) is 5.91. The molecule has 2 aliphatic rings. The van der Waals surface area contributed by atoms with Crippen LogP contribution in [0.15, 0.2) is 0 Å². The van der Waals surface area contributed by atoms with Gasteiger partial charge in [0.15, 0.2) is 0 Å². The van der Waals surface area contributed by atoms with E-state index < -0.39 is 24.1 Å². The van der Waals surface area contributed by atoms with E-state index in [0.717, 1.165) is 0 Å². The predicted molar refractivity (Wildman–Crippen MR) is 54.1 cm³/mol. The predicted octanol–water partition coefficient (Wildman–Crippen LogP) is 1.56. The van der Waals surface area contributed by atoms with E-state index in [4.69, 9.17) is 5.11 Å². The molecule has 17 heavy (non-hydrogen) atoms. The summed E-state index contributed by atoms with van der Waals surface area (Å²) in [4.78, 5) is 13.3. The SMILES string of the molecule is O=C(C1CCCC(C(F)(F)F)C1)N1CC(O)C1. The molecule has 0 radical (unpaired) electrons. The van der Waals surface area contributed by atoms with Gasteiger partial charge < -0.3 is 10.0 Å². The third-order valence-corrected chi connectivity index (χ3v) is 3.66. The first-order chi connectivity index (χ1) is 7.88. The highest BCUT2D eigenvalue weighted by Gasteiger charge is 2.45. The molecular formula is C11H16F3NO2. The van der Waals surface area contributed by atoms with Gasteiger partial charge in [0.2, 0.25) is 5.91 Å². The number of carbonyl (C=O) groups is 1. The van der Waals surface area contributed by atoms with Gasteiger partial charge in [0.1, 0.15) is 0 Å². The molecule has 1 saturated heterocycles. The van der Waals surface area contributed by atoms with Gasteiger partial charge in [0.05, 0.1) is 12.0 Å². The Morgan fingerprint density at radius 2 is 1.88 bits per heavy atom. The Bertz CT molecular complexity index is 300. The van der Waals surface area contributed by atoms with E-state index in [2.05, 4.69) is 0 Å². The molecule has 0 aromatic carbocycles. The average molecular weight is 251 g/mol. The Morgan fingerprint density at radius 3 is 2.41 bits per heavy atom. The first-order valence-electron chi connectivity index (χ1n) is 5.91. The smallest absolute Gasteiger partial charge is 0.389 e. The Hall–Kier alpha value is -0.780. The van der Waals surface area contributed by atoms with Crippen molar-refractivity contribution in [1.82, 2.24) is 4.90 Å². The van der Waals surface area contributed by atoms with Gasteiger partial charge in [-0.05, 0) is 19.3 Å². The quantitative estimate of drug-likeness (QED) is 0.768. The van der Waals surface area contributed by atoms with Crippen molar-refractivity contribution >= 4 is 5.91 Å². The van der Waals surface area contributed by atoms with E-state index >= 15 is 0 Å². The van der Waals surface area contributed by atoms with Crippen LogP contribution in [0.5, 0.6) is 0 Å². The summed E-state index contributed by atoms with van der Waals surface area (Å²) in [5.74, 6) is -2.07. The third-order valence-electron chi connectivity index (χ3n) is 3.66. The molecule has 0 aromatic heterocycles. The molecule has 3 nitrogen and oxygen atoms in total. The molecule has 2 atom stereocenters. The van der Waals surface area contributed by atoms with E-state index in [1.165, 1.54) is 4.90 Å². The fourth-order valence-electron chi connectivity index (χ4n) is 2.60. The third kappa shape index (κ3) is 2.73. The van der Waals surface area contributed by atoms with Crippen LogP contribution in [0.4, 0.5) is 13.2 Å². The summed E-state index contributed by atoms with van der Waals surface area (Å²) >= 11 is 0.